The Kier molecular flexibility index (Phi) is 4.05. The van der Waals surface area contributed by atoms with Crippen LogP contribution in [0.1, 0.15) is 30.9 Å². The van der Waals surface area contributed by atoms with Crippen LogP contribution in [-0.4, -0.2) is 30.1 Å². The van der Waals surface area contributed by atoms with E-state index in [2.05, 4.69) is 41.0 Å². The molecule has 0 bridgehead atoms. The number of para-hydroxylation sites is 1. The van der Waals surface area contributed by atoms with Crippen molar-refractivity contribution in [2.45, 2.75) is 38.3 Å². The summed E-state index contributed by atoms with van der Waals surface area (Å²) in [5.41, 5.74) is 3.79. The number of piperazine rings is 1. The highest BCUT2D eigenvalue weighted by molar-refractivity contribution is 5.49. The van der Waals surface area contributed by atoms with E-state index < -0.39 is 0 Å². The van der Waals surface area contributed by atoms with Gasteiger partial charge in [-0.1, -0.05) is 43.3 Å². The summed E-state index contributed by atoms with van der Waals surface area (Å²) in [5, 5.41) is 0. The second kappa shape index (κ2) is 6.21. The Morgan fingerprint density at radius 2 is 1.67 bits per heavy atom. The van der Waals surface area contributed by atoms with Gasteiger partial charge in [-0.3, -0.25) is 4.90 Å². The summed E-state index contributed by atoms with van der Waals surface area (Å²) in [6.45, 7) is 6.05. The quantitative estimate of drug-likeness (QED) is 0.830. The van der Waals surface area contributed by atoms with Crippen molar-refractivity contribution in [2.24, 2.45) is 0 Å². The minimum absolute atomic E-state index is 0.100. The molecule has 1 saturated carbocycles. The molecule has 1 aliphatic carbocycles. The Morgan fingerprint density at radius 3 is 2.33 bits per heavy atom. The monoisotopic (exact) mass is 324 g/mol. The third kappa shape index (κ3) is 2.93. The molecule has 0 unspecified atom stereocenters. The molecule has 2 aromatic carbocycles. The Morgan fingerprint density at radius 1 is 0.958 bits per heavy atom. The molecule has 1 saturated heterocycles. The Labute approximate surface area is 143 Å². The average Bonchev–Trinajstić information content (AvgIpc) is 3.38. The number of hydrogen-bond acceptors (Lipinski definition) is 2. The van der Waals surface area contributed by atoms with Gasteiger partial charge in [0.2, 0.25) is 0 Å². The van der Waals surface area contributed by atoms with Gasteiger partial charge in [-0.15, -0.1) is 0 Å². The van der Waals surface area contributed by atoms with Gasteiger partial charge in [-0.05, 0) is 42.5 Å². The Balaban J connectivity index is 1.47. The van der Waals surface area contributed by atoms with Crippen molar-refractivity contribution >= 4 is 5.69 Å². The fourth-order valence-electron chi connectivity index (χ4n) is 3.89. The molecule has 24 heavy (non-hydrogen) atoms. The Bertz CT molecular complexity index is 706. The molecule has 0 N–H and O–H groups in total. The highest BCUT2D eigenvalue weighted by atomic mass is 19.1. The Hall–Kier alpha value is -1.87. The third-order valence-corrected chi connectivity index (χ3v) is 5.62. The van der Waals surface area contributed by atoms with Gasteiger partial charge in [0, 0.05) is 31.7 Å². The first-order valence-electron chi connectivity index (χ1n) is 9.02. The summed E-state index contributed by atoms with van der Waals surface area (Å²) in [6, 6.07) is 16.2. The minimum atomic E-state index is -0.100. The van der Waals surface area contributed by atoms with E-state index in [4.69, 9.17) is 0 Å². The van der Waals surface area contributed by atoms with Crippen LogP contribution in [0.2, 0.25) is 0 Å². The average molecular weight is 324 g/mol. The maximum absolute atomic E-state index is 14.1. The van der Waals surface area contributed by atoms with Gasteiger partial charge in [0.05, 0.1) is 5.69 Å². The molecule has 0 amide bonds. The van der Waals surface area contributed by atoms with Crippen LogP contribution >= 0.6 is 0 Å². The number of rotatable bonds is 4. The van der Waals surface area contributed by atoms with Gasteiger partial charge in [0.25, 0.3) is 0 Å². The first-order valence-corrected chi connectivity index (χ1v) is 9.02. The maximum Gasteiger partial charge on any atom is 0.146 e. The van der Waals surface area contributed by atoms with E-state index in [0.717, 1.165) is 38.3 Å². The highest BCUT2D eigenvalue weighted by Gasteiger charge is 2.51. The summed E-state index contributed by atoms with van der Waals surface area (Å²) in [6.07, 6.45) is 3.54. The standard InChI is InChI=1S/C21H25FN2/c1-2-17-7-9-18(10-8-17)15-24-14-13-23(16-21(24)11-12-21)20-6-4-3-5-19(20)22/h3-10H,2,11-16H2,1H3. The van der Waals surface area contributed by atoms with E-state index >= 15 is 0 Å². The number of anilines is 1. The molecule has 2 nitrogen and oxygen atoms in total. The van der Waals surface area contributed by atoms with Crippen molar-refractivity contribution < 1.29 is 4.39 Å². The first-order chi connectivity index (χ1) is 11.7. The van der Waals surface area contributed by atoms with Crippen LogP contribution in [0.4, 0.5) is 10.1 Å². The normalized spacial score (nSPS) is 19.7. The van der Waals surface area contributed by atoms with E-state index in [9.17, 15) is 4.39 Å². The summed E-state index contributed by atoms with van der Waals surface area (Å²) in [4.78, 5) is 4.85. The molecule has 1 spiro atoms. The van der Waals surface area contributed by atoms with Crippen molar-refractivity contribution in [2.75, 3.05) is 24.5 Å². The van der Waals surface area contributed by atoms with Crippen molar-refractivity contribution in [3.8, 4) is 0 Å². The van der Waals surface area contributed by atoms with E-state index in [1.165, 1.54) is 24.0 Å². The van der Waals surface area contributed by atoms with Crippen LogP contribution in [0.3, 0.4) is 0 Å². The lowest BCUT2D eigenvalue weighted by Gasteiger charge is -2.43. The first kappa shape index (κ1) is 15.6. The van der Waals surface area contributed by atoms with Crippen LogP contribution in [-0.2, 0) is 13.0 Å². The van der Waals surface area contributed by atoms with Gasteiger partial charge in [0.15, 0.2) is 0 Å². The highest BCUT2D eigenvalue weighted by Crippen LogP contribution is 2.45. The molecule has 126 valence electrons. The number of aryl methyl sites for hydroxylation is 1. The second-order valence-electron chi connectivity index (χ2n) is 7.19. The zero-order valence-corrected chi connectivity index (χ0v) is 14.3. The minimum Gasteiger partial charge on any atom is -0.366 e. The summed E-state index contributed by atoms with van der Waals surface area (Å²) in [7, 11) is 0. The van der Waals surface area contributed by atoms with Gasteiger partial charge in [-0.2, -0.15) is 0 Å². The molecule has 4 rings (SSSR count). The lowest BCUT2D eigenvalue weighted by molar-refractivity contribution is 0.149. The summed E-state index contributed by atoms with van der Waals surface area (Å²) >= 11 is 0. The predicted octanol–water partition coefficient (Wildman–Crippen LogP) is 4.24. The largest absolute Gasteiger partial charge is 0.366 e. The zero-order valence-electron chi connectivity index (χ0n) is 14.3. The SMILES string of the molecule is CCc1ccc(CN2CCN(c3ccccc3F)CC23CC3)cc1. The number of hydrogen-bond donors (Lipinski definition) is 0. The summed E-state index contributed by atoms with van der Waals surface area (Å²) < 4.78 is 14.1. The van der Waals surface area contributed by atoms with Crippen molar-refractivity contribution in [3.05, 3.63) is 65.5 Å². The third-order valence-electron chi connectivity index (χ3n) is 5.62. The molecule has 0 aromatic heterocycles. The topological polar surface area (TPSA) is 6.48 Å². The van der Waals surface area contributed by atoms with E-state index in [-0.39, 0.29) is 11.4 Å². The molecule has 1 aliphatic heterocycles. The summed E-state index contributed by atoms with van der Waals surface area (Å²) in [5.74, 6) is -0.100. The molecule has 2 fully saturated rings. The van der Waals surface area contributed by atoms with E-state index in [0.29, 0.717) is 0 Å². The van der Waals surface area contributed by atoms with Gasteiger partial charge in [0.1, 0.15) is 5.82 Å². The zero-order chi connectivity index (χ0) is 16.6. The van der Waals surface area contributed by atoms with Crippen molar-refractivity contribution in [3.63, 3.8) is 0 Å². The molecule has 0 radical (unpaired) electrons. The van der Waals surface area contributed by atoms with E-state index in [1.54, 1.807) is 12.1 Å². The smallest absolute Gasteiger partial charge is 0.146 e. The van der Waals surface area contributed by atoms with Crippen LogP contribution < -0.4 is 4.90 Å². The van der Waals surface area contributed by atoms with Crippen molar-refractivity contribution in [1.29, 1.82) is 0 Å². The van der Waals surface area contributed by atoms with Crippen LogP contribution in [0, 0.1) is 5.82 Å². The fourth-order valence-corrected chi connectivity index (χ4v) is 3.89. The molecular formula is C21H25FN2. The lowest BCUT2D eigenvalue weighted by atomic mass is 10.1. The van der Waals surface area contributed by atoms with Crippen molar-refractivity contribution in [1.82, 2.24) is 4.90 Å². The second-order valence-corrected chi connectivity index (χ2v) is 7.19. The molecule has 2 aliphatic rings. The van der Waals surface area contributed by atoms with Gasteiger partial charge < -0.3 is 4.90 Å². The van der Waals surface area contributed by atoms with Gasteiger partial charge >= 0.3 is 0 Å². The number of nitrogens with zero attached hydrogens (tertiary/aromatic N) is 2. The molecule has 3 heteroatoms. The molecule has 0 atom stereocenters. The number of halogens is 1. The van der Waals surface area contributed by atoms with Crippen LogP contribution in [0.25, 0.3) is 0 Å². The fraction of sp³-hybridized carbons (Fsp3) is 0.429. The van der Waals surface area contributed by atoms with E-state index in [1.807, 2.05) is 12.1 Å². The maximum atomic E-state index is 14.1. The lowest BCUT2D eigenvalue weighted by Crippen LogP contribution is -2.54. The predicted molar refractivity (Wildman–Crippen MR) is 96.8 cm³/mol. The molecular weight excluding hydrogens is 299 g/mol. The molecule has 2 aromatic rings. The van der Waals surface area contributed by atoms with Gasteiger partial charge in [-0.25, -0.2) is 4.39 Å². The van der Waals surface area contributed by atoms with Crippen LogP contribution in [0.5, 0.6) is 0 Å². The number of benzene rings is 2. The molecule has 1 heterocycles. The van der Waals surface area contributed by atoms with Crippen LogP contribution in [0.15, 0.2) is 48.5 Å².